The normalized spacial score (nSPS) is 19.8. The molecule has 10 heteroatoms. The number of alkyl halides is 3. The molecular weight excluding hydrogens is 419 g/mol. The van der Waals surface area contributed by atoms with Crippen molar-refractivity contribution in [1.82, 2.24) is 19.5 Å². The summed E-state index contributed by atoms with van der Waals surface area (Å²) in [5, 5.41) is 6.35. The van der Waals surface area contributed by atoms with Crippen LogP contribution in [0.3, 0.4) is 0 Å². The number of benzene rings is 1. The van der Waals surface area contributed by atoms with E-state index in [1.165, 1.54) is 6.07 Å². The quantitative estimate of drug-likeness (QED) is 0.506. The molecule has 0 amide bonds. The van der Waals surface area contributed by atoms with Crippen LogP contribution in [0.15, 0.2) is 30.5 Å². The average Bonchev–Trinajstić information content (AvgIpc) is 3.04. The number of hydrogen-bond acceptors (Lipinski definition) is 6. The van der Waals surface area contributed by atoms with Crippen molar-refractivity contribution in [2.75, 3.05) is 10.6 Å². The highest BCUT2D eigenvalue weighted by Crippen LogP contribution is 2.36. The van der Waals surface area contributed by atoms with Crippen molar-refractivity contribution in [3.63, 3.8) is 0 Å². The minimum atomic E-state index is -4.42. The second-order valence-electron chi connectivity index (χ2n) is 9.36. The van der Waals surface area contributed by atoms with Gasteiger partial charge in [0.25, 0.3) is 0 Å². The molecular formula is C22H28F3N7. The van der Waals surface area contributed by atoms with Crippen molar-refractivity contribution in [2.45, 2.75) is 70.3 Å². The molecule has 1 aliphatic carbocycles. The topological polar surface area (TPSA) is 93.7 Å². The number of nitrogens with zero attached hydrogens (tertiary/aromatic N) is 4. The summed E-state index contributed by atoms with van der Waals surface area (Å²) in [4.78, 5) is 13.7. The Hall–Kier alpha value is -2.88. The molecule has 0 saturated heterocycles. The van der Waals surface area contributed by atoms with Gasteiger partial charge in [0.15, 0.2) is 5.65 Å². The van der Waals surface area contributed by atoms with E-state index in [9.17, 15) is 13.2 Å². The zero-order chi connectivity index (χ0) is 23.1. The van der Waals surface area contributed by atoms with E-state index in [1.807, 2.05) is 25.3 Å². The molecule has 1 fully saturated rings. The van der Waals surface area contributed by atoms with Gasteiger partial charge in [0.1, 0.15) is 5.52 Å². The second kappa shape index (κ2) is 8.23. The number of imidazole rings is 1. The summed E-state index contributed by atoms with van der Waals surface area (Å²) in [5.41, 5.74) is 6.68. The van der Waals surface area contributed by atoms with Crippen molar-refractivity contribution >= 4 is 28.7 Å². The Labute approximate surface area is 184 Å². The minimum Gasteiger partial charge on any atom is -0.350 e. The van der Waals surface area contributed by atoms with Gasteiger partial charge in [-0.15, -0.1) is 0 Å². The first kappa shape index (κ1) is 22.3. The highest BCUT2D eigenvalue weighted by Gasteiger charge is 2.31. The highest BCUT2D eigenvalue weighted by atomic mass is 19.4. The average molecular weight is 448 g/mol. The predicted molar refractivity (Wildman–Crippen MR) is 119 cm³/mol. The molecule has 0 radical (unpaired) electrons. The first-order valence-electron chi connectivity index (χ1n) is 10.7. The van der Waals surface area contributed by atoms with Gasteiger partial charge in [0, 0.05) is 23.3 Å². The minimum absolute atomic E-state index is 0.0884. The standard InChI is InChI=1S/C22H28F3N7/c1-21(2,3)31-19-27-12-17-18(30-19)32(16-9-7-14(26)8-10-16)20(29-17)28-15-6-4-5-13(11-15)22(23,24)25/h4-6,11-12,14,16H,7-10,26H2,1-3H3,(H,28,29)(H,27,30,31). The fraction of sp³-hybridized carbons (Fsp3) is 0.500. The van der Waals surface area contributed by atoms with Crippen LogP contribution in [0, 0.1) is 0 Å². The molecule has 172 valence electrons. The van der Waals surface area contributed by atoms with E-state index >= 15 is 0 Å². The smallest absolute Gasteiger partial charge is 0.350 e. The number of nitrogens with two attached hydrogens (primary N) is 1. The molecule has 0 bridgehead atoms. The summed E-state index contributed by atoms with van der Waals surface area (Å²) in [6.07, 6.45) is 0.637. The maximum absolute atomic E-state index is 13.2. The molecule has 7 nitrogen and oxygen atoms in total. The molecule has 0 unspecified atom stereocenters. The Morgan fingerprint density at radius 3 is 2.44 bits per heavy atom. The van der Waals surface area contributed by atoms with Crippen LogP contribution < -0.4 is 16.4 Å². The molecule has 1 aliphatic rings. The van der Waals surface area contributed by atoms with Crippen LogP contribution in [0.1, 0.15) is 58.1 Å². The fourth-order valence-electron chi connectivity index (χ4n) is 3.98. The number of halogens is 3. The summed E-state index contributed by atoms with van der Waals surface area (Å²) >= 11 is 0. The fourth-order valence-corrected chi connectivity index (χ4v) is 3.98. The molecule has 4 rings (SSSR count). The number of anilines is 3. The van der Waals surface area contributed by atoms with Gasteiger partial charge in [0.05, 0.1) is 11.8 Å². The van der Waals surface area contributed by atoms with Crippen LogP contribution in [-0.2, 0) is 6.18 Å². The lowest BCUT2D eigenvalue weighted by Crippen LogP contribution is -2.29. The predicted octanol–water partition coefficient (Wildman–Crippen LogP) is 5.24. The number of hydrogen-bond donors (Lipinski definition) is 3. The van der Waals surface area contributed by atoms with Crippen molar-refractivity contribution in [3.8, 4) is 0 Å². The van der Waals surface area contributed by atoms with Gasteiger partial charge in [0.2, 0.25) is 11.9 Å². The Kier molecular flexibility index (Phi) is 5.74. The second-order valence-corrected chi connectivity index (χ2v) is 9.36. The van der Waals surface area contributed by atoms with E-state index in [1.54, 1.807) is 12.3 Å². The van der Waals surface area contributed by atoms with Crippen LogP contribution in [0.25, 0.3) is 11.2 Å². The summed E-state index contributed by atoms with van der Waals surface area (Å²) in [5.74, 6) is 0.922. The molecule has 0 atom stereocenters. The SMILES string of the molecule is CC(C)(C)Nc1ncc2nc(Nc3cccc(C(F)(F)F)c3)n(C3CCC(N)CC3)c2n1. The molecule has 2 heterocycles. The molecule has 0 spiro atoms. The van der Waals surface area contributed by atoms with Crippen LogP contribution in [-0.4, -0.2) is 31.1 Å². The van der Waals surface area contributed by atoms with Crippen LogP contribution >= 0.6 is 0 Å². The van der Waals surface area contributed by atoms with Gasteiger partial charge in [-0.3, -0.25) is 4.57 Å². The summed E-state index contributed by atoms with van der Waals surface area (Å²) in [6.45, 7) is 6.04. The van der Waals surface area contributed by atoms with E-state index in [0.717, 1.165) is 37.8 Å². The Morgan fingerprint density at radius 2 is 1.78 bits per heavy atom. The van der Waals surface area contributed by atoms with Gasteiger partial charge >= 0.3 is 6.18 Å². The third kappa shape index (κ3) is 4.95. The molecule has 3 aromatic rings. The first-order chi connectivity index (χ1) is 15.0. The van der Waals surface area contributed by atoms with Crippen molar-refractivity contribution in [2.24, 2.45) is 5.73 Å². The molecule has 4 N–H and O–H groups in total. The molecule has 32 heavy (non-hydrogen) atoms. The number of rotatable bonds is 4. The third-order valence-corrected chi connectivity index (χ3v) is 5.47. The lowest BCUT2D eigenvalue weighted by atomic mass is 9.91. The number of nitrogens with one attached hydrogen (secondary N) is 2. The monoisotopic (exact) mass is 447 g/mol. The lowest BCUT2D eigenvalue weighted by Gasteiger charge is -2.28. The zero-order valence-electron chi connectivity index (χ0n) is 18.4. The van der Waals surface area contributed by atoms with Gasteiger partial charge in [-0.25, -0.2) is 9.97 Å². The van der Waals surface area contributed by atoms with Gasteiger partial charge in [-0.05, 0) is 64.7 Å². The number of fused-ring (bicyclic) bond motifs is 1. The van der Waals surface area contributed by atoms with Crippen molar-refractivity contribution in [3.05, 3.63) is 36.0 Å². The zero-order valence-corrected chi connectivity index (χ0v) is 18.4. The third-order valence-electron chi connectivity index (χ3n) is 5.47. The maximum atomic E-state index is 13.2. The number of aromatic nitrogens is 4. The Morgan fingerprint density at radius 1 is 1.06 bits per heavy atom. The maximum Gasteiger partial charge on any atom is 0.416 e. The molecule has 0 aliphatic heterocycles. The van der Waals surface area contributed by atoms with Crippen molar-refractivity contribution < 1.29 is 13.2 Å². The van der Waals surface area contributed by atoms with Gasteiger partial charge in [-0.2, -0.15) is 18.2 Å². The Bertz CT molecular complexity index is 1090. The Balaban J connectivity index is 1.76. The van der Waals surface area contributed by atoms with E-state index < -0.39 is 11.7 Å². The van der Waals surface area contributed by atoms with Crippen LogP contribution in [0.5, 0.6) is 0 Å². The van der Waals surface area contributed by atoms with Crippen LogP contribution in [0.2, 0.25) is 0 Å². The lowest BCUT2D eigenvalue weighted by molar-refractivity contribution is -0.137. The van der Waals surface area contributed by atoms with E-state index in [2.05, 4.69) is 20.6 Å². The summed E-state index contributed by atoms with van der Waals surface area (Å²) in [7, 11) is 0. The van der Waals surface area contributed by atoms with E-state index in [4.69, 9.17) is 10.7 Å². The van der Waals surface area contributed by atoms with E-state index in [-0.39, 0.29) is 17.6 Å². The van der Waals surface area contributed by atoms with E-state index in [0.29, 0.717) is 28.7 Å². The molecule has 2 aromatic heterocycles. The first-order valence-corrected chi connectivity index (χ1v) is 10.7. The highest BCUT2D eigenvalue weighted by molar-refractivity contribution is 5.76. The largest absolute Gasteiger partial charge is 0.416 e. The van der Waals surface area contributed by atoms with Crippen LogP contribution in [0.4, 0.5) is 30.8 Å². The van der Waals surface area contributed by atoms with Gasteiger partial charge in [-0.1, -0.05) is 6.07 Å². The van der Waals surface area contributed by atoms with Gasteiger partial charge < -0.3 is 16.4 Å². The van der Waals surface area contributed by atoms with Crippen molar-refractivity contribution in [1.29, 1.82) is 0 Å². The summed E-state index contributed by atoms with van der Waals surface area (Å²) < 4.78 is 41.5. The summed E-state index contributed by atoms with van der Waals surface area (Å²) in [6, 6.07) is 5.35. The molecule has 1 saturated carbocycles. The molecule has 1 aromatic carbocycles.